The van der Waals surface area contributed by atoms with Crippen molar-refractivity contribution in [1.82, 2.24) is 15.5 Å². The Kier molecular flexibility index (Phi) is 9.50. The van der Waals surface area contributed by atoms with E-state index in [2.05, 4.69) is 10.6 Å². The Morgan fingerprint density at radius 1 is 1.37 bits per heavy atom. The first-order valence-corrected chi connectivity index (χ1v) is 12.6. The zero-order valence-electron chi connectivity index (χ0n) is 22.8. The summed E-state index contributed by atoms with van der Waals surface area (Å²) in [6.07, 6.45) is 4.52. The van der Waals surface area contributed by atoms with Crippen molar-refractivity contribution >= 4 is 23.3 Å². The SMILES string of the molecule is CC(C)C[C@@H](C(=O)NC(=N)/C=C\NC[C@@H]1COC(C)(C)O1)N1CC(Oc2cccc(N(C)C)c2F)=CC1=O. The molecular weight excluding hydrogens is 493 g/mol. The lowest BCUT2D eigenvalue weighted by Gasteiger charge is -2.28. The van der Waals surface area contributed by atoms with Crippen molar-refractivity contribution in [2.75, 3.05) is 38.7 Å². The molecule has 2 atom stereocenters. The van der Waals surface area contributed by atoms with Crippen molar-refractivity contribution in [1.29, 1.82) is 5.41 Å². The highest BCUT2D eigenvalue weighted by molar-refractivity contribution is 6.05. The largest absolute Gasteiger partial charge is 0.456 e. The number of halogens is 1. The van der Waals surface area contributed by atoms with E-state index >= 15 is 0 Å². The third kappa shape index (κ3) is 7.78. The fraction of sp³-hybridized carbons (Fsp3) is 0.519. The number of nitrogens with zero attached hydrogens (tertiary/aromatic N) is 2. The molecule has 2 aliphatic heterocycles. The number of benzene rings is 1. The Morgan fingerprint density at radius 2 is 2.11 bits per heavy atom. The molecule has 0 saturated carbocycles. The third-order valence-electron chi connectivity index (χ3n) is 5.97. The minimum Gasteiger partial charge on any atom is -0.456 e. The molecule has 2 heterocycles. The molecule has 3 rings (SSSR count). The molecule has 0 spiro atoms. The first-order chi connectivity index (χ1) is 17.9. The second-order valence-electron chi connectivity index (χ2n) is 10.4. The van der Waals surface area contributed by atoms with Crippen molar-refractivity contribution in [3.8, 4) is 5.75 Å². The number of hydrogen-bond donors (Lipinski definition) is 3. The Labute approximate surface area is 223 Å². The van der Waals surface area contributed by atoms with Gasteiger partial charge in [0.15, 0.2) is 17.4 Å². The molecule has 2 aliphatic rings. The molecule has 3 N–H and O–H groups in total. The molecular formula is C27H38FN5O5. The molecule has 1 fully saturated rings. The fourth-order valence-electron chi connectivity index (χ4n) is 4.19. The molecule has 1 saturated heterocycles. The Hall–Kier alpha value is -3.44. The lowest BCUT2D eigenvalue weighted by molar-refractivity contribution is -0.137. The van der Waals surface area contributed by atoms with Crippen LogP contribution in [0.5, 0.6) is 5.75 Å². The van der Waals surface area contributed by atoms with Gasteiger partial charge in [-0.25, -0.2) is 4.39 Å². The van der Waals surface area contributed by atoms with Gasteiger partial charge in [0.1, 0.15) is 23.7 Å². The van der Waals surface area contributed by atoms with Gasteiger partial charge in [-0.2, -0.15) is 0 Å². The molecule has 38 heavy (non-hydrogen) atoms. The van der Waals surface area contributed by atoms with E-state index in [1.807, 2.05) is 27.7 Å². The Balaban J connectivity index is 1.58. The lowest BCUT2D eigenvalue weighted by Crippen LogP contribution is -2.49. The summed E-state index contributed by atoms with van der Waals surface area (Å²) in [5, 5.41) is 13.7. The summed E-state index contributed by atoms with van der Waals surface area (Å²) >= 11 is 0. The fourth-order valence-corrected chi connectivity index (χ4v) is 4.19. The Bertz CT molecular complexity index is 1100. The zero-order chi connectivity index (χ0) is 28.0. The van der Waals surface area contributed by atoms with Crippen molar-refractivity contribution in [3.05, 3.63) is 48.1 Å². The van der Waals surface area contributed by atoms with E-state index in [9.17, 15) is 14.0 Å². The summed E-state index contributed by atoms with van der Waals surface area (Å²) in [4.78, 5) is 28.9. The van der Waals surface area contributed by atoms with E-state index in [0.717, 1.165) is 0 Å². The number of amidine groups is 1. The van der Waals surface area contributed by atoms with E-state index < -0.39 is 29.5 Å². The van der Waals surface area contributed by atoms with Gasteiger partial charge in [0.25, 0.3) is 5.91 Å². The van der Waals surface area contributed by atoms with Gasteiger partial charge in [-0.05, 0) is 44.4 Å². The molecule has 0 unspecified atom stereocenters. The van der Waals surface area contributed by atoms with Crippen LogP contribution >= 0.6 is 0 Å². The maximum atomic E-state index is 14.8. The number of carbonyl (C=O) groups is 2. The predicted octanol–water partition coefficient (Wildman–Crippen LogP) is 2.76. The van der Waals surface area contributed by atoms with Gasteiger partial charge in [-0.15, -0.1) is 0 Å². The van der Waals surface area contributed by atoms with Crippen LogP contribution in [0.25, 0.3) is 0 Å². The molecule has 0 aromatic heterocycles. The highest BCUT2D eigenvalue weighted by Crippen LogP contribution is 2.29. The molecule has 1 aromatic rings. The molecule has 1 aromatic carbocycles. The van der Waals surface area contributed by atoms with Gasteiger partial charge < -0.3 is 34.6 Å². The van der Waals surface area contributed by atoms with Crippen molar-refractivity contribution in [3.63, 3.8) is 0 Å². The first kappa shape index (κ1) is 29.1. The van der Waals surface area contributed by atoms with Crippen molar-refractivity contribution < 1.29 is 28.2 Å². The number of rotatable bonds is 11. The molecule has 0 radical (unpaired) electrons. The van der Waals surface area contributed by atoms with Crippen LogP contribution in [0.2, 0.25) is 0 Å². The molecule has 0 aliphatic carbocycles. The third-order valence-corrected chi connectivity index (χ3v) is 5.97. The minimum atomic E-state index is -0.828. The monoisotopic (exact) mass is 531 g/mol. The van der Waals surface area contributed by atoms with Gasteiger partial charge in [-0.1, -0.05) is 19.9 Å². The summed E-state index contributed by atoms with van der Waals surface area (Å²) in [6, 6.07) is 3.96. The lowest BCUT2D eigenvalue weighted by atomic mass is 10.0. The van der Waals surface area contributed by atoms with Crippen LogP contribution in [0.1, 0.15) is 34.1 Å². The molecule has 208 valence electrons. The summed E-state index contributed by atoms with van der Waals surface area (Å²) in [5.41, 5.74) is 0.357. The van der Waals surface area contributed by atoms with E-state index in [1.54, 1.807) is 37.3 Å². The van der Waals surface area contributed by atoms with Gasteiger partial charge in [0, 0.05) is 32.9 Å². The average Bonchev–Trinajstić information content (AvgIpc) is 3.36. The van der Waals surface area contributed by atoms with Crippen LogP contribution in [-0.4, -0.2) is 74.3 Å². The Morgan fingerprint density at radius 3 is 2.74 bits per heavy atom. The van der Waals surface area contributed by atoms with Gasteiger partial charge in [-0.3, -0.25) is 15.0 Å². The summed E-state index contributed by atoms with van der Waals surface area (Å²) in [6.45, 7) is 8.55. The zero-order valence-corrected chi connectivity index (χ0v) is 22.8. The minimum absolute atomic E-state index is 0.000458. The highest BCUT2D eigenvalue weighted by Gasteiger charge is 2.35. The molecule has 0 bridgehead atoms. The van der Waals surface area contributed by atoms with Crippen molar-refractivity contribution in [2.45, 2.75) is 52.0 Å². The first-order valence-electron chi connectivity index (χ1n) is 12.6. The summed E-state index contributed by atoms with van der Waals surface area (Å²) in [5.74, 6) is -1.82. The van der Waals surface area contributed by atoms with Crippen LogP contribution in [-0.2, 0) is 19.1 Å². The normalized spacial score (nSPS) is 19.6. The van der Waals surface area contributed by atoms with E-state index in [4.69, 9.17) is 19.6 Å². The average molecular weight is 532 g/mol. The molecule has 11 heteroatoms. The maximum absolute atomic E-state index is 14.8. The number of nitrogens with one attached hydrogen (secondary N) is 3. The van der Waals surface area contributed by atoms with Crippen LogP contribution < -0.4 is 20.3 Å². The highest BCUT2D eigenvalue weighted by atomic mass is 19.1. The van der Waals surface area contributed by atoms with Crippen LogP contribution in [0.15, 0.2) is 42.3 Å². The number of anilines is 1. The summed E-state index contributed by atoms with van der Waals surface area (Å²) in [7, 11) is 3.44. The second kappa shape index (κ2) is 12.4. The quantitative estimate of drug-likeness (QED) is 0.297. The standard InChI is InChI=1S/C27H38FN5O5/c1-17(2)12-21(26(35)31-23(29)10-11-30-14-19-16-36-27(3,4)38-19)33-15-18(13-24(33)34)37-22-9-7-8-20(25(22)28)32(5)6/h7-11,13,17,19,21,30H,12,14-16H2,1-6H3,(H2,29,31,35)/b11-10-/t19-,21+/m1/s1. The van der Waals surface area contributed by atoms with Crippen LogP contribution in [0, 0.1) is 17.1 Å². The van der Waals surface area contributed by atoms with Crippen molar-refractivity contribution in [2.24, 2.45) is 5.92 Å². The number of amides is 2. The van der Waals surface area contributed by atoms with Gasteiger partial charge >= 0.3 is 0 Å². The van der Waals surface area contributed by atoms with Crippen LogP contribution in [0.4, 0.5) is 10.1 Å². The number of hydrogen-bond acceptors (Lipinski definition) is 8. The van der Waals surface area contributed by atoms with Gasteiger partial charge in [0.05, 0.1) is 18.8 Å². The topological polar surface area (TPSA) is 116 Å². The number of carbonyl (C=O) groups excluding carboxylic acids is 2. The summed E-state index contributed by atoms with van der Waals surface area (Å²) < 4.78 is 31.8. The number of ether oxygens (including phenoxy) is 3. The molecule has 2 amide bonds. The predicted molar refractivity (Wildman–Crippen MR) is 142 cm³/mol. The van der Waals surface area contributed by atoms with E-state index in [-0.39, 0.29) is 35.9 Å². The second-order valence-corrected chi connectivity index (χ2v) is 10.4. The van der Waals surface area contributed by atoms with Gasteiger partial charge in [0.2, 0.25) is 5.91 Å². The maximum Gasteiger partial charge on any atom is 0.251 e. The van der Waals surface area contributed by atoms with E-state index in [1.165, 1.54) is 23.1 Å². The van der Waals surface area contributed by atoms with E-state index in [0.29, 0.717) is 25.3 Å². The molecule has 10 nitrogen and oxygen atoms in total. The smallest absolute Gasteiger partial charge is 0.251 e. The van der Waals surface area contributed by atoms with Crippen LogP contribution in [0.3, 0.4) is 0 Å².